The standard InChI is InChI=1S/C31H48N6O2.C2H6/c1-8-13-26(20(3)36-33)27(9-2)34-21(4)28-16-12-17-37(28)30(38)29(35-22(5)39-31(6,7)32)25-18-23-14-10-11-15-24(23)19-25;1-2/h10-11,13-15,25,27-29,34-36H,3-5,8-9,12,16-19,32-33H2,1-2,6-7H3;1-2H3. The summed E-state index contributed by atoms with van der Waals surface area (Å²) in [5.41, 5.74) is 12.9. The number of nitrogens with one attached hydrogen (secondary N) is 3. The van der Waals surface area contributed by atoms with E-state index in [-0.39, 0.29) is 23.9 Å². The fourth-order valence-corrected chi connectivity index (χ4v) is 5.80. The summed E-state index contributed by atoms with van der Waals surface area (Å²) in [6.07, 6.45) is 7.19. The molecule has 3 unspecified atom stereocenters. The van der Waals surface area contributed by atoms with Gasteiger partial charge in [0.15, 0.2) is 11.6 Å². The van der Waals surface area contributed by atoms with Gasteiger partial charge in [0.25, 0.3) is 0 Å². The lowest BCUT2D eigenvalue weighted by Gasteiger charge is -2.35. The Morgan fingerprint density at radius 3 is 2.27 bits per heavy atom. The summed E-state index contributed by atoms with van der Waals surface area (Å²) >= 11 is 0. The number of likely N-dealkylation sites (tertiary alicyclic amines) is 1. The van der Waals surface area contributed by atoms with E-state index in [0.717, 1.165) is 49.8 Å². The highest BCUT2D eigenvalue weighted by Crippen LogP contribution is 2.32. The minimum absolute atomic E-state index is 0.0169. The van der Waals surface area contributed by atoms with Crippen LogP contribution in [0.1, 0.15) is 78.4 Å². The second-order valence-electron chi connectivity index (χ2n) is 11.2. The molecule has 1 heterocycles. The fourth-order valence-electron chi connectivity index (χ4n) is 5.80. The Morgan fingerprint density at radius 1 is 1.15 bits per heavy atom. The lowest BCUT2D eigenvalue weighted by Crippen LogP contribution is -2.54. The van der Waals surface area contributed by atoms with Gasteiger partial charge in [-0.3, -0.25) is 16.4 Å². The number of amides is 1. The second kappa shape index (κ2) is 15.7. The third-order valence-electron chi connectivity index (χ3n) is 7.55. The normalized spacial score (nSPS) is 18.4. The molecule has 0 aromatic heterocycles. The van der Waals surface area contributed by atoms with Gasteiger partial charge in [-0.25, -0.2) is 0 Å². The van der Waals surface area contributed by atoms with Crippen molar-refractivity contribution in [1.82, 2.24) is 21.0 Å². The van der Waals surface area contributed by atoms with Crippen LogP contribution < -0.4 is 27.6 Å². The quantitative estimate of drug-likeness (QED) is 0.0725. The maximum atomic E-state index is 14.3. The number of allylic oxidation sites excluding steroid dienone is 1. The molecule has 8 heteroatoms. The van der Waals surface area contributed by atoms with Gasteiger partial charge in [0, 0.05) is 17.9 Å². The van der Waals surface area contributed by atoms with Crippen LogP contribution in [0.15, 0.2) is 72.9 Å². The predicted molar refractivity (Wildman–Crippen MR) is 170 cm³/mol. The molecule has 2 aliphatic rings. The van der Waals surface area contributed by atoms with Gasteiger partial charge in [0.05, 0.1) is 12.1 Å². The first-order chi connectivity index (χ1) is 19.5. The van der Waals surface area contributed by atoms with Crippen LogP contribution in [0.25, 0.3) is 0 Å². The number of nitrogens with zero attached hydrogens (tertiary/aromatic N) is 1. The maximum absolute atomic E-state index is 14.3. The summed E-state index contributed by atoms with van der Waals surface area (Å²) in [4.78, 5) is 16.2. The molecule has 1 aliphatic carbocycles. The molecule has 8 nitrogen and oxygen atoms in total. The van der Waals surface area contributed by atoms with Crippen molar-refractivity contribution in [1.29, 1.82) is 0 Å². The number of nitrogens with two attached hydrogens (primary N) is 2. The zero-order valence-corrected chi connectivity index (χ0v) is 26.2. The smallest absolute Gasteiger partial charge is 0.246 e. The van der Waals surface area contributed by atoms with E-state index >= 15 is 0 Å². The van der Waals surface area contributed by atoms with Crippen LogP contribution in [0.3, 0.4) is 0 Å². The van der Waals surface area contributed by atoms with Crippen LogP contribution in [-0.4, -0.2) is 41.2 Å². The number of carbonyl (C=O) groups is 1. The SMILES string of the molecule is C=C(NC(C(=O)N1CCCC1C(=C)NC(CC)C(=CCC)C(=C)NN)C1Cc2ccccc2C1)OC(C)(C)N.CC. The number of hydrogen-bond acceptors (Lipinski definition) is 7. The van der Waals surface area contributed by atoms with Gasteiger partial charge in [-0.05, 0) is 81.6 Å². The number of carbonyl (C=O) groups excluding carboxylic acids is 1. The van der Waals surface area contributed by atoms with Crippen LogP contribution >= 0.6 is 0 Å². The minimum atomic E-state index is -0.911. The van der Waals surface area contributed by atoms with Crippen molar-refractivity contribution in [2.45, 2.75) is 104 Å². The van der Waals surface area contributed by atoms with Crippen molar-refractivity contribution in [2.75, 3.05) is 6.54 Å². The number of hydrogen-bond donors (Lipinski definition) is 5. The molecule has 41 heavy (non-hydrogen) atoms. The Kier molecular flexibility index (Phi) is 13.0. The van der Waals surface area contributed by atoms with Gasteiger partial charge in [0.2, 0.25) is 5.91 Å². The van der Waals surface area contributed by atoms with Crippen molar-refractivity contribution < 1.29 is 9.53 Å². The van der Waals surface area contributed by atoms with Gasteiger partial charge in [-0.2, -0.15) is 0 Å². The Morgan fingerprint density at radius 2 is 1.76 bits per heavy atom. The van der Waals surface area contributed by atoms with Crippen molar-refractivity contribution in [2.24, 2.45) is 17.5 Å². The molecule has 1 aromatic rings. The summed E-state index contributed by atoms with van der Waals surface area (Å²) in [7, 11) is 0. The molecule has 228 valence electrons. The van der Waals surface area contributed by atoms with E-state index in [0.29, 0.717) is 18.1 Å². The van der Waals surface area contributed by atoms with E-state index in [4.69, 9.17) is 16.3 Å². The van der Waals surface area contributed by atoms with Crippen molar-refractivity contribution in [3.63, 3.8) is 0 Å². The average molecular weight is 567 g/mol. The molecule has 0 bridgehead atoms. The zero-order chi connectivity index (χ0) is 30.7. The third kappa shape index (κ3) is 9.13. The van der Waals surface area contributed by atoms with Crippen LogP contribution in [0.5, 0.6) is 0 Å². The highest BCUT2D eigenvalue weighted by Gasteiger charge is 2.40. The van der Waals surface area contributed by atoms with E-state index in [1.165, 1.54) is 11.1 Å². The summed E-state index contributed by atoms with van der Waals surface area (Å²) in [6.45, 7) is 24.9. The molecule has 7 N–H and O–H groups in total. The van der Waals surface area contributed by atoms with Crippen molar-refractivity contribution in [3.8, 4) is 0 Å². The van der Waals surface area contributed by atoms with Gasteiger partial charge in [0.1, 0.15) is 6.04 Å². The first-order valence-corrected chi connectivity index (χ1v) is 15.1. The predicted octanol–water partition coefficient (Wildman–Crippen LogP) is 4.75. The third-order valence-corrected chi connectivity index (χ3v) is 7.55. The fraction of sp³-hybridized carbons (Fsp3) is 0.545. The Balaban J connectivity index is 0.00000287. The lowest BCUT2D eigenvalue weighted by atomic mass is 9.94. The van der Waals surface area contributed by atoms with E-state index in [1.807, 2.05) is 18.7 Å². The molecule has 0 saturated carbocycles. The number of hydrazine groups is 1. The summed E-state index contributed by atoms with van der Waals surface area (Å²) in [6, 6.07) is 7.75. The van der Waals surface area contributed by atoms with Gasteiger partial charge in [-0.1, -0.05) is 71.2 Å². The van der Waals surface area contributed by atoms with Gasteiger partial charge >= 0.3 is 0 Å². The van der Waals surface area contributed by atoms with E-state index in [9.17, 15) is 4.79 Å². The lowest BCUT2D eigenvalue weighted by molar-refractivity contribution is -0.135. The topological polar surface area (TPSA) is 118 Å². The Hall–Kier alpha value is -3.23. The van der Waals surface area contributed by atoms with E-state index in [2.05, 4.69) is 80.0 Å². The van der Waals surface area contributed by atoms with Crippen LogP contribution in [0.4, 0.5) is 0 Å². The first-order valence-electron chi connectivity index (χ1n) is 15.1. The van der Waals surface area contributed by atoms with Crippen molar-refractivity contribution in [3.05, 3.63) is 84.1 Å². The number of rotatable bonds is 14. The maximum Gasteiger partial charge on any atom is 0.246 e. The summed E-state index contributed by atoms with van der Waals surface area (Å²) in [5.74, 6) is 6.09. The van der Waals surface area contributed by atoms with Crippen molar-refractivity contribution >= 4 is 5.91 Å². The number of fused-ring (bicyclic) bond motifs is 1. The highest BCUT2D eigenvalue weighted by molar-refractivity contribution is 5.83. The Bertz CT molecular complexity index is 1060. The van der Waals surface area contributed by atoms with E-state index in [1.54, 1.807) is 13.8 Å². The minimum Gasteiger partial charge on any atom is -0.459 e. The number of ether oxygens (including phenoxy) is 1. The molecule has 1 aliphatic heterocycles. The molecule has 3 atom stereocenters. The second-order valence-corrected chi connectivity index (χ2v) is 11.2. The zero-order valence-electron chi connectivity index (χ0n) is 26.2. The largest absolute Gasteiger partial charge is 0.459 e. The molecule has 3 rings (SSSR count). The van der Waals surface area contributed by atoms with Crippen LogP contribution in [0, 0.1) is 5.92 Å². The molecular weight excluding hydrogens is 512 g/mol. The monoisotopic (exact) mass is 566 g/mol. The molecule has 1 saturated heterocycles. The number of benzene rings is 1. The molecule has 1 aromatic carbocycles. The summed E-state index contributed by atoms with van der Waals surface area (Å²) < 4.78 is 5.78. The molecule has 0 spiro atoms. The Labute approximate surface area is 248 Å². The van der Waals surface area contributed by atoms with Crippen LogP contribution in [-0.2, 0) is 22.4 Å². The van der Waals surface area contributed by atoms with Gasteiger partial charge < -0.3 is 25.7 Å². The van der Waals surface area contributed by atoms with Gasteiger partial charge in [-0.15, -0.1) is 0 Å². The van der Waals surface area contributed by atoms with Crippen LogP contribution in [0.2, 0.25) is 0 Å². The van der Waals surface area contributed by atoms with E-state index < -0.39 is 11.8 Å². The average Bonchev–Trinajstić information content (AvgIpc) is 3.60. The highest BCUT2D eigenvalue weighted by atomic mass is 16.5. The molecule has 1 amide bonds. The molecule has 0 radical (unpaired) electrons. The summed E-state index contributed by atoms with van der Waals surface area (Å²) in [5, 5.41) is 6.91. The molecule has 1 fully saturated rings. The molecular formula is C33H54N6O2. The first kappa shape index (κ1) is 34.0.